The molecule has 4 aromatic rings. The summed E-state index contributed by atoms with van der Waals surface area (Å²) in [6.07, 6.45) is 1.58. The first-order chi connectivity index (χ1) is 16.5. The van der Waals surface area contributed by atoms with Crippen LogP contribution in [0.3, 0.4) is 0 Å². The Hall–Kier alpha value is -4.22. The van der Waals surface area contributed by atoms with Crippen LogP contribution in [0, 0.1) is 18.3 Å². The second kappa shape index (κ2) is 10.6. The molecule has 168 valence electrons. The topological polar surface area (TPSA) is 103 Å². The molecule has 4 rings (SSSR count). The zero-order valence-electron chi connectivity index (χ0n) is 18.2. The molecule has 2 N–H and O–H groups in total. The first kappa shape index (κ1) is 23.0. The number of hydrogen-bond acceptors (Lipinski definition) is 6. The molecular formula is C26H20BrN5O2. The number of nitrogens with one attached hydrogen (secondary N) is 2. The summed E-state index contributed by atoms with van der Waals surface area (Å²) in [5, 5.41) is 13.6. The predicted octanol–water partition coefficient (Wildman–Crippen LogP) is 5.40. The first-order valence-electron chi connectivity index (χ1n) is 10.4. The molecule has 1 heterocycles. The number of H-pyrrole nitrogens is 1. The number of hydrogen-bond donors (Lipinski definition) is 2. The molecule has 0 saturated carbocycles. The average molecular weight is 514 g/mol. The summed E-state index contributed by atoms with van der Waals surface area (Å²) in [6, 6.07) is 24.7. The maximum atomic E-state index is 12.4. The molecule has 0 aliphatic rings. The van der Waals surface area contributed by atoms with Crippen LogP contribution >= 0.6 is 15.9 Å². The lowest BCUT2D eigenvalue weighted by Gasteiger charge is -2.10. The van der Waals surface area contributed by atoms with Crippen LogP contribution in [-0.2, 0) is 6.61 Å². The summed E-state index contributed by atoms with van der Waals surface area (Å²) < 4.78 is 6.87. The molecular weight excluding hydrogens is 494 g/mol. The second-order valence-corrected chi connectivity index (χ2v) is 8.36. The van der Waals surface area contributed by atoms with Crippen LogP contribution in [0.25, 0.3) is 11.3 Å². The van der Waals surface area contributed by atoms with Crippen molar-refractivity contribution >= 4 is 28.1 Å². The van der Waals surface area contributed by atoms with Crippen LogP contribution in [-0.4, -0.2) is 16.2 Å². The smallest absolute Gasteiger partial charge is 0.270 e. The van der Waals surface area contributed by atoms with Gasteiger partial charge in [0.15, 0.2) is 0 Å². The van der Waals surface area contributed by atoms with Gasteiger partial charge in [0.1, 0.15) is 24.0 Å². The molecule has 0 spiro atoms. The summed E-state index contributed by atoms with van der Waals surface area (Å²) >= 11 is 3.47. The van der Waals surface area contributed by atoms with E-state index in [0.29, 0.717) is 17.9 Å². The number of ether oxygens (including phenoxy) is 1. The summed E-state index contributed by atoms with van der Waals surface area (Å²) in [5.41, 5.74) is 6.07. The van der Waals surface area contributed by atoms with Crippen molar-refractivity contribution in [3.63, 3.8) is 0 Å². The van der Waals surface area contributed by atoms with Gasteiger partial charge in [-0.05, 0) is 30.7 Å². The van der Waals surface area contributed by atoms with Crippen LogP contribution in [0.4, 0.5) is 5.95 Å². The van der Waals surface area contributed by atoms with Gasteiger partial charge in [-0.3, -0.25) is 9.78 Å². The van der Waals surface area contributed by atoms with Crippen molar-refractivity contribution in [1.82, 2.24) is 9.97 Å². The minimum Gasteiger partial charge on any atom is -0.488 e. The van der Waals surface area contributed by atoms with Gasteiger partial charge in [-0.1, -0.05) is 76.1 Å². The van der Waals surface area contributed by atoms with E-state index in [1.807, 2.05) is 73.7 Å². The standard InChI is InChI=1S/C26H20BrN5O2/c1-17-7-9-18(10-8-17)16-34-23-12-11-21(27)13-20(23)15-29-32-26-30-24(19-5-3-2-4-6-19)22(14-28)25(33)31-26/h2-13,15H,16H2,1H3,(H2,30,31,32,33). The molecule has 0 saturated heterocycles. The largest absolute Gasteiger partial charge is 0.488 e. The predicted molar refractivity (Wildman–Crippen MR) is 136 cm³/mol. The van der Waals surface area contributed by atoms with Crippen molar-refractivity contribution in [2.24, 2.45) is 5.10 Å². The van der Waals surface area contributed by atoms with Gasteiger partial charge in [0.05, 0.1) is 11.9 Å². The van der Waals surface area contributed by atoms with Crippen LogP contribution in [0.5, 0.6) is 5.75 Å². The van der Waals surface area contributed by atoms with Crippen molar-refractivity contribution in [3.05, 3.63) is 110 Å². The van der Waals surface area contributed by atoms with Crippen LogP contribution in [0.1, 0.15) is 22.3 Å². The lowest BCUT2D eigenvalue weighted by molar-refractivity contribution is 0.305. The van der Waals surface area contributed by atoms with E-state index in [4.69, 9.17) is 4.74 Å². The van der Waals surface area contributed by atoms with Gasteiger partial charge in [0, 0.05) is 15.6 Å². The molecule has 0 radical (unpaired) electrons. The van der Waals surface area contributed by atoms with Gasteiger partial charge in [-0.15, -0.1) is 0 Å². The molecule has 3 aromatic carbocycles. The fraction of sp³-hybridized carbons (Fsp3) is 0.0769. The summed E-state index contributed by atoms with van der Waals surface area (Å²) in [7, 11) is 0. The third-order valence-electron chi connectivity index (χ3n) is 4.94. The molecule has 0 atom stereocenters. The van der Waals surface area contributed by atoms with Gasteiger partial charge in [-0.2, -0.15) is 10.4 Å². The van der Waals surface area contributed by atoms with Crippen molar-refractivity contribution in [2.75, 3.05) is 5.43 Å². The van der Waals surface area contributed by atoms with E-state index in [1.165, 1.54) is 5.56 Å². The van der Waals surface area contributed by atoms with E-state index in [0.717, 1.165) is 15.6 Å². The van der Waals surface area contributed by atoms with Gasteiger partial charge in [0.2, 0.25) is 5.95 Å². The fourth-order valence-corrected chi connectivity index (χ4v) is 3.57. The van der Waals surface area contributed by atoms with Crippen LogP contribution in [0.2, 0.25) is 0 Å². The number of aromatic amines is 1. The number of halogens is 1. The number of anilines is 1. The molecule has 34 heavy (non-hydrogen) atoms. The number of aryl methyl sites for hydroxylation is 1. The molecule has 0 fully saturated rings. The Morgan fingerprint density at radius 3 is 2.65 bits per heavy atom. The summed E-state index contributed by atoms with van der Waals surface area (Å²) in [5.74, 6) is 0.775. The van der Waals surface area contributed by atoms with Gasteiger partial charge >= 0.3 is 0 Å². The normalized spacial score (nSPS) is 10.7. The lowest BCUT2D eigenvalue weighted by atomic mass is 10.1. The van der Waals surface area contributed by atoms with E-state index < -0.39 is 5.56 Å². The number of hydrazone groups is 1. The molecule has 0 aliphatic heterocycles. The van der Waals surface area contributed by atoms with Crippen LogP contribution in [0.15, 0.2) is 87.2 Å². The monoisotopic (exact) mass is 513 g/mol. The van der Waals surface area contributed by atoms with Gasteiger partial charge in [0.25, 0.3) is 5.56 Å². The highest BCUT2D eigenvalue weighted by Crippen LogP contribution is 2.23. The van der Waals surface area contributed by atoms with E-state index in [9.17, 15) is 10.1 Å². The first-order valence-corrected chi connectivity index (χ1v) is 11.2. The van der Waals surface area contributed by atoms with E-state index >= 15 is 0 Å². The second-order valence-electron chi connectivity index (χ2n) is 7.44. The zero-order chi connectivity index (χ0) is 23.9. The Balaban J connectivity index is 1.55. The molecule has 8 heteroatoms. The van der Waals surface area contributed by atoms with Crippen LogP contribution < -0.4 is 15.7 Å². The Kier molecular flexibility index (Phi) is 7.16. The molecule has 1 aromatic heterocycles. The minimum absolute atomic E-state index is 0.0560. The van der Waals surface area contributed by atoms with E-state index in [-0.39, 0.29) is 17.2 Å². The minimum atomic E-state index is -0.543. The number of aromatic nitrogens is 2. The maximum absolute atomic E-state index is 12.4. The summed E-state index contributed by atoms with van der Waals surface area (Å²) in [6.45, 7) is 2.46. The molecule has 0 unspecified atom stereocenters. The number of nitriles is 1. The van der Waals surface area contributed by atoms with E-state index in [1.54, 1.807) is 18.3 Å². The van der Waals surface area contributed by atoms with Crippen molar-refractivity contribution in [3.8, 4) is 23.1 Å². The molecule has 0 bridgehead atoms. The van der Waals surface area contributed by atoms with E-state index in [2.05, 4.69) is 36.4 Å². The third kappa shape index (κ3) is 5.57. The Labute approximate surface area is 204 Å². The van der Waals surface area contributed by atoms with Gasteiger partial charge in [-0.25, -0.2) is 10.4 Å². The summed E-state index contributed by atoms with van der Waals surface area (Å²) in [4.78, 5) is 19.3. The highest BCUT2D eigenvalue weighted by molar-refractivity contribution is 9.10. The number of benzene rings is 3. The fourth-order valence-electron chi connectivity index (χ4n) is 3.19. The average Bonchev–Trinajstić information content (AvgIpc) is 2.85. The van der Waals surface area contributed by atoms with Crippen molar-refractivity contribution < 1.29 is 4.74 Å². The quantitative estimate of drug-likeness (QED) is 0.254. The Bertz CT molecular complexity index is 1420. The molecule has 7 nitrogen and oxygen atoms in total. The van der Waals surface area contributed by atoms with Crippen molar-refractivity contribution in [2.45, 2.75) is 13.5 Å². The highest BCUT2D eigenvalue weighted by Gasteiger charge is 2.13. The molecule has 0 aliphatic carbocycles. The van der Waals surface area contributed by atoms with Crippen molar-refractivity contribution in [1.29, 1.82) is 5.26 Å². The Morgan fingerprint density at radius 2 is 1.91 bits per heavy atom. The SMILES string of the molecule is Cc1ccc(COc2ccc(Br)cc2C=NNc2nc(-c3ccccc3)c(C#N)c(=O)[nH]2)cc1. The zero-order valence-corrected chi connectivity index (χ0v) is 19.8. The van der Waals surface area contributed by atoms with Gasteiger partial charge < -0.3 is 4.74 Å². The number of nitrogens with zero attached hydrogens (tertiary/aromatic N) is 3. The number of rotatable bonds is 7. The molecule has 0 amide bonds. The maximum Gasteiger partial charge on any atom is 0.270 e. The third-order valence-corrected chi connectivity index (χ3v) is 5.43. The lowest BCUT2D eigenvalue weighted by Crippen LogP contribution is -2.16. The Morgan fingerprint density at radius 1 is 1.15 bits per heavy atom. The highest BCUT2D eigenvalue weighted by atomic mass is 79.9.